The zero-order valence-corrected chi connectivity index (χ0v) is 18.5. The van der Waals surface area contributed by atoms with Crippen LogP contribution in [0.3, 0.4) is 0 Å². The number of carbonyl (C=O) groups excluding carboxylic acids is 2. The first-order valence-electron chi connectivity index (χ1n) is 10.3. The molecule has 0 aromatic heterocycles. The molecular formula is C24H29N3O4. The van der Waals surface area contributed by atoms with Crippen LogP contribution in [0.4, 0.5) is 0 Å². The van der Waals surface area contributed by atoms with Gasteiger partial charge in [0.2, 0.25) is 0 Å². The Morgan fingerprint density at radius 3 is 2.77 bits per heavy atom. The van der Waals surface area contributed by atoms with Gasteiger partial charge in [-0.15, -0.1) is 0 Å². The lowest BCUT2D eigenvalue weighted by Gasteiger charge is -2.32. The van der Waals surface area contributed by atoms with Gasteiger partial charge >= 0.3 is 5.97 Å². The van der Waals surface area contributed by atoms with Crippen LogP contribution in [0.5, 0.6) is 5.75 Å². The number of nitrogens with one attached hydrogen (secondary N) is 1. The molecule has 0 unspecified atom stereocenters. The van der Waals surface area contributed by atoms with Gasteiger partial charge in [-0.25, -0.2) is 4.79 Å². The molecule has 1 atom stereocenters. The summed E-state index contributed by atoms with van der Waals surface area (Å²) in [4.78, 5) is 25.7. The van der Waals surface area contributed by atoms with Crippen molar-refractivity contribution in [2.75, 3.05) is 20.8 Å². The van der Waals surface area contributed by atoms with Crippen molar-refractivity contribution in [2.45, 2.75) is 39.0 Å². The van der Waals surface area contributed by atoms with Gasteiger partial charge in [0.15, 0.2) is 5.78 Å². The lowest BCUT2D eigenvalue weighted by atomic mass is 9.78. The maximum Gasteiger partial charge on any atom is 0.336 e. The van der Waals surface area contributed by atoms with E-state index in [0.29, 0.717) is 24.0 Å². The van der Waals surface area contributed by atoms with Gasteiger partial charge in [0, 0.05) is 49.5 Å². The predicted molar refractivity (Wildman–Crippen MR) is 119 cm³/mol. The highest BCUT2D eigenvalue weighted by molar-refractivity contribution is 6.01. The fourth-order valence-electron chi connectivity index (χ4n) is 4.03. The third-order valence-corrected chi connectivity index (χ3v) is 5.87. The van der Waals surface area contributed by atoms with Crippen molar-refractivity contribution in [2.24, 2.45) is 5.10 Å². The topological polar surface area (TPSA) is 80.2 Å². The maximum atomic E-state index is 13.0. The number of carbonyl (C=O) groups is 2. The Morgan fingerprint density at radius 2 is 2.10 bits per heavy atom. The molecule has 1 aromatic rings. The summed E-state index contributed by atoms with van der Waals surface area (Å²) in [5.74, 6) is 0.436. The van der Waals surface area contributed by atoms with Crippen molar-refractivity contribution in [3.8, 4) is 5.75 Å². The largest absolute Gasteiger partial charge is 0.496 e. The van der Waals surface area contributed by atoms with Crippen LogP contribution in [0.2, 0.25) is 0 Å². The van der Waals surface area contributed by atoms with E-state index in [4.69, 9.17) is 9.47 Å². The number of hydrogen-bond donors (Lipinski definition) is 1. The van der Waals surface area contributed by atoms with Gasteiger partial charge in [0.1, 0.15) is 12.4 Å². The van der Waals surface area contributed by atoms with Crippen molar-refractivity contribution < 1.29 is 19.1 Å². The number of benzene rings is 1. The summed E-state index contributed by atoms with van der Waals surface area (Å²) < 4.78 is 11.0. The van der Waals surface area contributed by atoms with Gasteiger partial charge in [-0.2, -0.15) is 5.10 Å². The minimum atomic E-state index is -0.437. The second-order valence-electron chi connectivity index (χ2n) is 7.65. The van der Waals surface area contributed by atoms with Crippen LogP contribution in [0.25, 0.3) is 0 Å². The van der Waals surface area contributed by atoms with Crippen LogP contribution in [0, 0.1) is 0 Å². The lowest BCUT2D eigenvalue weighted by Crippen LogP contribution is -2.32. The van der Waals surface area contributed by atoms with Gasteiger partial charge in [-0.1, -0.05) is 24.3 Å². The third-order valence-electron chi connectivity index (χ3n) is 5.87. The molecule has 1 heterocycles. The molecule has 7 nitrogen and oxygen atoms in total. The Bertz CT molecular complexity index is 990. The van der Waals surface area contributed by atoms with Crippen molar-refractivity contribution in [1.82, 2.24) is 10.3 Å². The van der Waals surface area contributed by atoms with E-state index in [9.17, 15) is 9.59 Å². The van der Waals surface area contributed by atoms with Crippen LogP contribution in [-0.2, 0) is 14.3 Å². The first-order valence-corrected chi connectivity index (χ1v) is 10.3. The molecule has 0 radical (unpaired) electrons. The standard InChI is InChI=1S/C24H29N3O4/c1-6-17(27(4)25-3)14-31-24(29)19-13-20-21(26-15(19)2)11-16(12-22(20)28)18-9-7-8-10-23(18)30-5/h6-10,16,26H,3,11-14H2,1-2,4-5H3/b17-6-/t16-/m1/s1. The van der Waals surface area contributed by atoms with E-state index in [1.165, 1.54) is 0 Å². The number of allylic oxidation sites excluding steroid dienone is 4. The number of para-hydroxylation sites is 1. The van der Waals surface area contributed by atoms with Crippen LogP contribution in [0.1, 0.15) is 44.6 Å². The van der Waals surface area contributed by atoms with Crippen molar-refractivity contribution in [3.63, 3.8) is 0 Å². The monoisotopic (exact) mass is 423 g/mol. The summed E-state index contributed by atoms with van der Waals surface area (Å²) in [6.07, 6.45) is 3.18. The lowest BCUT2D eigenvalue weighted by molar-refractivity contribution is -0.138. The van der Waals surface area contributed by atoms with E-state index >= 15 is 0 Å². The first kappa shape index (κ1) is 22.3. The molecule has 1 aromatic carbocycles. The summed E-state index contributed by atoms with van der Waals surface area (Å²) >= 11 is 0. The molecule has 0 spiro atoms. The van der Waals surface area contributed by atoms with Crippen LogP contribution in [0.15, 0.2) is 63.7 Å². The van der Waals surface area contributed by atoms with E-state index in [1.54, 1.807) is 19.2 Å². The Kier molecular flexibility index (Phi) is 6.95. The molecule has 0 amide bonds. The molecule has 1 N–H and O–H groups in total. The number of esters is 1. The van der Waals surface area contributed by atoms with Crippen molar-refractivity contribution in [1.29, 1.82) is 0 Å². The highest BCUT2D eigenvalue weighted by Gasteiger charge is 2.34. The minimum Gasteiger partial charge on any atom is -0.496 e. The highest BCUT2D eigenvalue weighted by Crippen LogP contribution is 2.41. The van der Waals surface area contributed by atoms with Gasteiger partial charge in [-0.3, -0.25) is 9.80 Å². The van der Waals surface area contributed by atoms with Gasteiger partial charge in [0.05, 0.1) is 18.4 Å². The zero-order valence-electron chi connectivity index (χ0n) is 18.5. The molecule has 31 heavy (non-hydrogen) atoms. The predicted octanol–water partition coefficient (Wildman–Crippen LogP) is 3.66. The van der Waals surface area contributed by atoms with E-state index < -0.39 is 5.97 Å². The molecule has 3 rings (SSSR count). The molecule has 0 saturated heterocycles. The highest BCUT2D eigenvalue weighted by atomic mass is 16.5. The number of rotatable bonds is 7. The van der Waals surface area contributed by atoms with E-state index in [0.717, 1.165) is 28.4 Å². The van der Waals surface area contributed by atoms with Crippen LogP contribution in [-0.4, -0.2) is 44.2 Å². The van der Waals surface area contributed by atoms with Crippen molar-refractivity contribution >= 4 is 18.5 Å². The molecule has 0 fully saturated rings. The van der Waals surface area contributed by atoms with E-state index in [-0.39, 0.29) is 24.7 Å². The summed E-state index contributed by atoms with van der Waals surface area (Å²) in [7, 11) is 3.37. The fourth-order valence-corrected chi connectivity index (χ4v) is 4.03. The summed E-state index contributed by atoms with van der Waals surface area (Å²) in [6, 6.07) is 7.79. The van der Waals surface area contributed by atoms with Crippen LogP contribution >= 0.6 is 0 Å². The van der Waals surface area contributed by atoms with Gasteiger partial charge in [-0.05, 0) is 31.9 Å². The van der Waals surface area contributed by atoms with Crippen molar-refractivity contribution in [3.05, 3.63) is 64.1 Å². The Labute approximate surface area is 183 Å². The SMILES string of the molecule is C=NN(C)/C(=C\C)COC(=O)C1=C(C)NC2=C(C1)C(=O)C[C@H](c1ccccc1OC)C2. The number of dihydropyridines is 1. The second-order valence-corrected chi connectivity index (χ2v) is 7.65. The summed E-state index contributed by atoms with van der Waals surface area (Å²) in [6.45, 7) is 7.23. The molecule has 1 aliphatic carbocycles. The molecule has 164 valence electrons. The molecule has 0 bridgehead atoms. The number of Topliss-reactive ketones (excluding diaryl/α,β-unsaturated/α-hetero) is 1. The Balaban J connectivity index is 1.73. The molecule has 2 aliphatic rings. The summed E-state index contributed by atoms with van der Waals surface area (Å²) in [5, 5.41) is 8.66. The zero-order chi connectivity index (χ0) is 22.5. The second kappa shape index (κ2) is 9.64. The number of nitrogens with zero attached hydrogens (tertiary/aromatic N) is 2. The maximum absolute atomic E-state index is 13.0. The fraction of sp³-hybridized carbons (Fsp3) is 0.375. The molecule has 7 heteroatoms. The number of ether oxygens (including phenoxy) is 2. The number of likely N-dealkylation sites (N-methyl/N-ethyl adjacent to an activating group) is 1. The Morgan fingerprint density at radius 1 is 1.35 bits per heavy atom. The average Bonchev–Trinajstić information content (AvgIpc) is 2.78. The summed E-state index contributed by atoms with van der Waals surface area (Å²) in [5.41, 5.74) is 4.49. The van der Waals surface area contributed by atoms with E-state index in [2.05, 4.69) is 17.1 Å². The smallest absolute Gasteiger partial charge is 0.336 e. The third kappa shape index (κ3) is 4.71. The number of ketones is 1. The molecule has 1 aliphatic heterocycles. The number of methoxy groups -OCH3 is 1. The first-order chi connectivity index (χ1) is 14.9. The number of hydrogen-bond acceptors (Lipinski definition) is 7. The molecular weight excluding hydrogens is 394 g/mol. The number of hydrazone groups is 1. The quantitative estimate of drug-likeness (QED) is 0.410. The van der Waals surface area contributed by atoms with Crippen LogP contribution < -0.4 is 10.1 Å². The van der Waals surface area contributed by atoms with E-state index in [1.807, 2.05) is 44.2 Å². The average molecular weight is 424 g/mol. The minimum absolute atomic E-state index is 0.0374. The van der Waals surface area contributed by atoms with Gasteiger partial charge in [0.25, 0.3) is 0 Å². The molecule has 0 saturated carbocycles. The van der Waals surface area contributed by atoms with Gasteiger partial charge < -0.3 is 14.8 Å². The normalized spacial score (nSPS) is 18.9. The Hall–Kier alpha value is -3.35.